The highest BCUT2D eigenvalue weighted by molar-refractivity contribution is 5.40. The van der Waals surface area contributed by atoms with Gasteiger partial charge < -0.3 is 4.90 Å². The molecule has 0 aromatic carbocycles. The molecule has 6 nitrogen and oxygen atoms in total. The molecular weight excluding hydrogens is 295 g/mol. The van der Waals surface area contributed by atoms with Crippen LogP contribution in [0, 0.1) is 17.8 Å². The minimum Gasteiger partial charge on any atom is -0.355 e. The molecule has 7 heteroatoms. The van der Waals surface area contributed by atoms with Crippen molar-refractivity contribution in [3.8, 4) is 0 Å². The van der Waals surface area contributed by atoms with E-state index >= 15 is 0 Å². The van der Waals surface area contributed by atoms with Crippen molar-refractivity contribution >= 4 is 5.82 Å². The summed E-state index contributed by atoms with van der Waals surface area (Å²) in [6.45, 7) is 5.87. The van der Waals surface area contributed by atoms with Gasteiger partial charge in [0.25, 0.3) is 0 Å². The van der Waals surface area contributed by atoms with Gasteiger partial charge in [0.15, 0.2) is 5.82 Å². The molecular formula is C16H21FN6. The number of aromatic nitrogens is 5. The first-order valence-corrected chi connectivity index (χ1v) is 8.26. The first-order chi connectivity index (χ1) is 11.1. The molecule has 1 saturated heterocycles. The number of nitrogens with zero attached hydrogens (tertiary/aromatic N) is 5. The molecule has 1 aliphatic heterocycles. The van der Waals surface area contributed by atoms with E-state index in [1.54, 1.807) is 0 Å². The fraction of sp³-hybridized carbons (Fsp3) is 0.625. The van der Waals surface area contributed by atoms with Gasteiger partial charge in [0, 0.05) is 31.0 Å². The maximum Gasteiger partial charge on any atom is 0.218 e. The third-order valence-corrected chi connectivity index (χ3v) is 4.92. The normalized spacial score (nSPS) is 24.6. The second kappa shape index (κ2) is 5.54. The van der Waals surface area contributed by atoms with Crippen LogP contribution in [-0.4, -0.2) is 38.2 Å². The lowest BCUT2D eigenvalue weighted by Crippen LogP contribution is -2.21. The first-order valence-electron chi connectivity index (χ1n) is 8.26. The van der Waals surface area contributed by atoms with E-state index in [-0.39, 0.29) is 0 Å². The van der Waals surface area contributed by atoms with E-state index in [4.69, 9.17) is 4.98 Å². The Kier molecular flexibility index (Phi) is 3.50. The van der Waals surface area contributed by atoms with E-state index in [1.165, 1.54) is 25.2 Å². The van der Waals surface area contributed by atoms with Gasteiger partial charge in [0.1, 0.15) is 18.0 Å². The van der Waals surface area contributed by atoms with Gasteiger partial charge in [-0.15, -0.1) is 0 Å². The van der Waals surface area contributed by atoms with Crippen molar-refractivity contribution in [2.24, 2.45) is 11.8 Å². The Morgan fingerprint density at radius 3 is 2.74 bits per heavy atom. The highest BCUT2D eigenvalue weighted by Crippen LogP contribution is 2.47. The molecule has 1 saturated carbocycles. The van der Waals surface area contributed by atoms with Crippen LogP contribution in [0.15, 0.2) is 12.4 Å². The van der Waals surface area contributed by atoms with E-state index < -0.39 is 5.95 Å². The largest absolute Gasteiger partial charge is 0.355 e. The summed E-state index contributed by atoms with van der Waals surface area (Å²) in [4.78, 5) is 14.6. The summed E-state index contributed by atoms with van der Waals surface area (Å²) >= 11 is 0. The molecule has 4 rings (SSSR count). The number of halogens is 1. The number of hydrogen-bond acceptors (Lipinski definition) is 5. The quantitative estimate of drug-likeness (QED) is 0.878. The number of hydrogen-bond donors (Lipinski definition) is 1. The van der Waals surface area contributed by atoms with Crippen molar-refractivity contribution in [1.82, 2.24) is 25.1 Å². The minimum absolute atomic E-state index is 0.306. The molecule has 23 heavy (non-hydrogen) atoms. The van der Waals surface area contributed by atoms with Crippen molar-refractivity contribution in [2.45, 2.75) is 38.5 Å². The molecule has 2 atom stereocenters. The molecule has 0 amide bonds. The minimum atomic E-state index is -0.483. The highest BCUT2D eigenvalue weighted by atomic mass is 19.1. The van der Waals surface area contributed by atoms with Gasteiger partial charge in [-0.25, -0.2) is 15.0 Å². The van der Waals surface area contributed by atoms with Crippen molar-refractivity contribution in [3.63, 3.8) is 0 Å². The average molecular weight is 316 g/mol. The van der Waals surface area contributed by atoms with Crippen molar-refractivity contribution in [1.29, 1.82) is 0 Å². The topological polar surface area (TPSA) is 70.6 Å². The lowest BCUT2D eigenvalue weighted by molar-refractivity contribution is 0.444. The smallest absolute Gasteiger partial charge is 0.218 e. The SMILES string of the molecule is CC(C)c1n[nH]c([C@H]2CN(c3cc(F)ncn3)C[C@@H]2C2CC2)n1. The van der Waals surface area contributed by atoms with Crippen LogP contribution < -0.4 is 4.90 Å². The average Bonchev–Trinajstić information content (AvgIpc) is 3.09. The van der Waals surface area contributed by atoms with E-state index in [1.807, 2.05) is 0 Å². The fourth-order valence-corrected chi connectivity index (χ4v) is 3.52. The van der Waals surface area contributed by atoms with Crippen LogP contribution in [-0.2, 0) is 0 Å². The molecule has 0 spiro atoms. The van der Waals surface area contributed by atoms with E-state index in [0.717, 1.165) is 30.7 Å². The third-order valence-electron chi connectivity index (χ3n) is 4.92. The Morgan fingerprint density at radius 1 is 1.26 bits per heavy atom. The number of H-pyrrole nitrogens is 1. The van der Waals surface area contributed by atoms with Crippen LogP contribution in [0.25, 0.3) is 0 Å². The van der Waals surface area contributed by atoms with Gasteiger partial charge in [-0.3, -0.25) is 5.10 Å². The maximum atomic E-state index is 13.4. The molecule has 2 aromatic heterocycles. The summed E-state index contributed by atoms with van der Waals surface area (Å²) in [6.07, 6.45) is 3.84. The lowest BCUT2D eigenvalue weighted by Gasteiger charge is -2.16. The summed E-state index contributed by atoms with van der Waals surface area (Å²) < 4.78 is 13.4. The van der Waals surface area contributed by atoms with E-state index in [2.05, 4.69) is 38.9 Å². The second-order valence-corrected chi connectivity index (χ2v) is 6.95. The molecule has 3 heterocycles. The van der Waals surface area contributed by atoms with Gasteiger partial charge in [0.2, 0.25) is 5.95 Å². The van der Waals surface area contributed by atoms with Crippen LogP contribution in [0.5, 0.6) is 0 Å². The van der Waals surface area contributed by atoms with E-state index in [9.17, 15) is 4.39 Å². The molecule has 0 unspecified atom stereocenters. The summed E-state index contributed by atoms with van der Waals surface area (Å²) in [5.74, 6) is 3.89. The predicted molar refractivity (Wildman–Crippen MR) is 83.6 cm³/mol. The zero-order valence-corrected chi connectivity index (χ0v) is 13.4. The zero-order valence-electron chi connectivity index (χ0n) is 13.4. The highest BCUT2D eigenvalue weighted by Gasteiger charge is 2.44. The lowest BCUT2D eigenvalue weighted by atomic mass is 9.91. The molecule has 0 bridgehead atoms. The van der Waals surface area contributed by atoms with Crippen molar-refractivity contribution in [3.05, 3.63) is 30.0 Å². The number of aromatic amines is 1. The van der Waals surface area contributed by atoms with Gasteiger partial charge >= 0.3 is 0 Å². The summed E-state index contributed by atoms with van der Waals surface area (Å²) in [5.41, 5.74) is 0. The van der Waals surface area contributed by atoms with Gasteiger partial charge in [-0.2, -0.15) is 9.49 Å². The molecule has 1 N–H and O–H groups in total. The van der Waals surface area contributed by atoms with Crippen LogP contribution >= 0.6 is 0 Å². The monoisotopic (exact) mass is 316 g/mol. The Bertz CT molecular complexity index is 695. The molecule has 2 fully saturated rings. The summed E-state index contributed by atoms with van der Waals surface area (Å²) in [7, 11) is 0. The van der Waals surface area contributed by atoms with Gasteiger partial charge in [0.05, 0.1) is 0 Å². The Morgan fingerprint density at radius 2 is 2.09 bits per heavy atom. The molecule has 2 aliphatic rings. The third kappa shape index (κ3) is 2.80. The Labute approximate surface area is 134 Å². The molecule has 122 valence electrons. The zero-order chi connectivity index (χ0) is 16.0. The van der Waals surface area contributed by atoms with Crippen LogP contribution in [0.2, 0.25) is 0 Å². The first kappa shape index (κ1) is 14.5. The number of anilines is 1. The van der Waals surface area contributed by atoms with Crippen molar-refractivity contribution in [2.75, 3.05) is 18.0 Å². The second-order valence-electron chi connectivity index (χ2n) is 6.95. The van der Waals surface area contributed by atoms with Crippen LogP contribution in [0.1, 0.15) is 50.2 Å². The molecule has 0 radical (unpaired) electrons. The molecule has 1 aliphatic carbocycles. The number of rotatable bonds is 4. The Hall–Kier alpha value is -2.05. The van der Waals surface area contributed by atoms with Gasteiger partial charge in [-0.05, 0) is 24.7 Å². The molecule has 2 aromatic rings. The fourth-order valence-electron chi connectivity index (χ4n) is 3.52. The standard InChI is InChI=1S/C16H21FN6/c1-9(2)15-20-16(22-21-15)12-7-23(6-11(12)10-3-4-10)14-5-13(17)18-8-19-14/h5,8-12H,3-4,6-7H2,1-2H3,(H,20,21,22)/t11-,12+/m1/s1. The maximum absolute atomic E-state index is 13.4. The van der Waals surface area contributed by atoms with Crippen LogP contribution in [0.4, 0.5) is 10.2 Å². The summed E-state index contributed by atoms with van der Waals surface area (Å²) in [5, 5.41) is 7.48. The Balaban J connectivity index is 1.60. The van der Waals surface area contributed by atoms with Crippen LogP contribution in [0.3, 0.4) is 0 Å². The number of nitrogens with one attached hydrogen (secondary N) is 1. The van der Waals surface area contributed by atoms with Crippen molar-refractivity contribution < 1.29 is 4.39 Å². The summed E-state index contributed by atoms with van der Waals surface area (Å²) in [6, 6.07) is 1.41. The predicted octanol–water partition coefficient (Wildman–Crippen LogP) is 2.49. The van der Waals surface area contributed by atoms with Gasteiger partial charge in [-0.1, -0.05) is 13.8 Å². The van der Waals surface area contributed by atoms with E-state index in [0.29, 0.717) is 23.6 Å².